The lowest BCUT2D eigenvalue weighted by Crippen LogP contribution is -2.51. The molecule has 0 atom stereocenters. The first-order valence-electron chi connectivity index (χ1n) is 6.35. The van der Waals surface area contributed by atoms with Gasteiger partial charge >= 0.3 is 0 Å². The smallest absolute Gasteiger partial charge is 0.253 e. The fourth-order valence-corrected chi connectivity index (χ4v) is 2.87. The van der Waals surface area contributed by atoms with E-state index in [-0.39, 0.29) is 23.9 Å². The number of nitrogens with two attached hydrogens (primary N) is 1. The van der Waals surface area contributed by atoms with Crippen molar-refractivity contribution in [3.05, 3.63) is 34.3 Å². The lowest BCUT2D eigenvalue weighted by atomic mass is 9.97. The maximum absolute atomic E-state index is 12.2. The zero-order valence-electron chi connectivity index (χ0n) is 11.0. The van der Waals surface area contributed by atoms with E-state index in [2.05, 4.69) is 5.32 Å². The van der Waals surface area contributed by atoms with Gasteiger partial charge in [-0.2, -0.15) is 0 Å². The summed E-state index contributed by atoms with van der Waals surface area (Å²) in [4.78, 5) is 12.2. The third kappa shape index (κ3) is 3.62. The average molecular weight is 303 g/mol. The lowest BCUT2D eigenvalue weighted by Gasteiger charge is -2.28. The molecule has 0 spiro atoms. The minimum Gasteiger partial charge on any atom is -0.345 e. The number of hydrogen-bond donors (Lipinski definition) is 2. The highest BCUT2D eigenvalue weighted by atomic mass is 35.5. The van der Waals surface area contributed by atoms with Crippen molar-refractivity contribution in [1.82, 2.24) is 5.32 Å². The van der Waals surface area contributed by atoms with Crippen LogP contribution in [0, 0.1) is 6.92 Å². The molecule has 0 radical (unpaired) electrons. The van der Waals surface area contributed by atoms with E-state index in [0.29, 0.717) is 17.1 Å². The fourth-order valence-electron chi connectivity index (χ4n) is 2.54. The minimum absolute atomic E-state index is 0. The van der Waals surface area contributed by atoms with Crippen LogP contribution in [0.4, 0.5) is 0 Å². The third-order valence-corrected chi connectivity index (χ3v) is 4.01. The minimum atomic E-state index is -0.231. The van der Waals surface area contributed by atoms with Crippen LogP contribution in [-0.4, -0.2) is 18.0 Å². The Labute approximate surface area is 125 Å². The molecular weight excluding hydrogens is 283 g/mol. The van der Waals surface area contributed by atoms with E-state index in [4.69, 9.17) is 17.3 Å². The summed E-state index contributed by atoms with van der Waals surface area (Å²) in [7, 11) is 0. The van der Waals surface area contributed by atoms with Crippen molar-refractivity contribution in [2.75, 3.05) is 6.54 Å². The molecule has 1 aliphatic carbocycles. The molecule has 0 heterocycles. The van der Waals surface area contributed by atoms with Crippen molar-refractivity contribution in [3.63, 3.8) is 0 Å². The van der Waals surface area contributed by atoms with Crippen molar-refractivity contribution in [3.8, 4) is 0 Å². The molecule has 0 unspecified atom stereocenters. The summed E-state index contributed by atoms with van der Waals surface area (Å²) in [5, 5.41) is 3.57. The molecule has 106 valence electrons. The first-order valence-corrected chi connectivity index (χ1v) is 6.73. The van der Waals surface area contributed by atoms with Crippen LogP contribution in [0.2, 0.25) is 5.02 Å². The van der Waals surface area contributed by atoms with Gasteiger partial charge in [0, 0.05) is 6.54 Å². The summed E-state index contributed by atoms with van der Waals surface area (Å²) in [6.45, 7) is 2.44. The second-order valence-corrected chi connectivity index (χ2v) is 5.54. The number of rotatable bonds is 3. The summed E-state index contributed by atoms with van der Waals surface area (Å²) in [6.07, 6.45) is 4.16. The Morgan fingerprint density at radius 2 is 2.05 bits per heavy atom. The molecule has 0 saturated heterocycles. The maximum Gasteiger partial charge on any atom is 0.253 e. The molecule has 0 aliphatic heterocycles. The van der Waals surface area contributed by atoms with Crippen LogP contribution in [0.1, 0.15) is 41.6 Å². The fraction of sp³-hybridized carbons (Fsp3) is 0.500. The third-order valence-electron chi connectivity index (χ3n) is 3.70. The number of hydrogen-bond acceptors (Lipinski definition) is 2. The average Bonchev–Trinajstić information content (AvgIpc) is 2.78. The summed E-state index contributed by atoms with van der Waals surface area (Å²) in [6, 6.07) is 5.47. The van der Waals surface area contributed by atoms with Crippen molar-refractivity contribution in [2.45, 2.75) is 38.1 Å². The monoisotopic (exact) mass is 302 g/mol. The first kappa shape index (κ1) is 16.3. The SMILES string of the molecule is Cc1ccc(C(=O)NC2(CN)CCCC2)c(Cl)c1.Cl. The molecule has 1 saturated carbocycles. The van der Waals surface area contributed by atoms with Gasteiger partial charge in [0.05, 0.1) is 16.1 Å². The molecule has 1 aromatic carbocycles. The maximum atomic E-state index is 12.2. The van der Waals surface area contributed by atoms with Gasteiger partial charge in [-0.15, -0.1) is 12.4 Å². The van der Waals surface area contributed by atoms with E-state index in [0.717, 1.165) is 31.2 Å². The summed E-state index contributed by atoms with van der Waals surface area (Å²) >= 11 is 6.11. The molecule has 3 N–H and O–H groups in total. The Balaban J connectivity index is 0.00000180. The number of amides is 1. The van der Waals surface area contributed by atoms with E-state index in [1.807, 2.05) is 13.0 Å². The molecule has 2 rings (SSSR count). The molecule has 19 heavy (non-hydrogen) atoms. The number of halogens is 2. The van der Waals surface area contributed by atoms with Crippen molar-refractivity contribution < 1.29 is 4.79 Å². The molecule has 5 heteroatoms. The zero-order chi connectivity index (χ0) is 13.2. The number of benzene rings is 1. The van der Waals surface area contributed by atoms with Gasteiger partial charge in [0.1, 0.15) is 0 Å². The second kappa shape index (κ2) is 6.60. The van der Waals surface area contributed by atoms with Gasteiger partial charge in [-0.05, 0) is 37.5 Å². The Morgan fingerprint density at radius 1 is 1.42 bits per heavy atom. The Hall–Kier alpha value is -0.770. The topological polar surface area (TPSA) is 55.1 Å². The van der Waals surface area contributed by atoms with Crippen LogP contribution in [0.15, 0.2) is 18.2 Å². The zero-order valence-corrected chi connectivity index (χ0v) is 12.6. The van der Waals surface area contributed by atoms with Gasteiger partial charge in [0.2, 0.25) is 0 Å². The highest BCUT2D eigenvalue weighted by molar-refractivity contribution is 6.33. The highest BCUT2D eigenvalue weighted by Gasteiger charge is 2.34. The largest absolute Gasteiger partial charge is 0.345 e. The van der Waals surface area contributed by atoms with E-state index in [9.17, 15) is 4.79 Å². The highest BCUT2D eigenvalue weighted by Crippen LogP contribution is 2.29. The van der Waals surface area contributed by atoms with Gasteiger partial charge in [0.25, 0.3) is 5.91 Å². The van der Waals surface area contributed by atoms with Gasteiger partial charge in [-0.3, -0.25) is 4.79 Å². The first-order chi connectivity index (χ1) is 8.56. The van der Waals surface area contributed by atoms with Crippen molar-refractivity contribution >= 4 is 29.9 Å². The van der Waals surface area contributed by atoms with Crippen LogP contribution in [0.3, 0.4) is 0 Å². The van der Waals surface area contributed by atoms with Gasteiger partial charge in [0.15, 0.2) is 0 Å². The Bertz CT molecular complexity index is 457. The molecule has 1 aromatic rings. The Morgan fingerprint density at radius 3 is 2.58 bits per heavy atom. The number of aryl methyl sites for hydroxylation is 1. The molecule has 1 amide bonds. The normalized spacial score (nSPS) is 16.8. The van der Waals surface area contributed by atoms with Crippen LogP contribution in [0.5, 0.6) is 0 Å². The number of nitrogens with one attached hydrogen (secondary N) is 1. The predicted octanol–water partition coefficient (Wildman–Crippen LogP) is 3.07. The van der Waals surface area contributed by atoms with Crippen molar-refractivity contribution in [2.24, 2.45) is 5.73 Å². The molecule has 0 bridgehead atoms. The quantitative estimate of drug-likeness (QED) is 0.901. The van der Waals surface area contributed by atoms with Crippen LogP contribution < -0.4 is 11.1 Å². The van der Waals surface area contributed by atoms with Crippen molar-refractivity contribution in [1.29, 1.82) is 0 Å². The van der Waals surface area contributed by atoms with E-state index < -0.39 is 0 Å². The number of carbonyl (C=O) groups is 1. The number of carbonyl (C=O) groups excluding carboxylic acids is 1. The molecule has 0 aromatic heterocycles. The molecular formula is C14H20Cl2N2O. The Kier molecular flexibility index (Phi) is 5.65. The summed E-state index contributed by atoms with van der Waals surface area (Å²) < 4.78 is 0. The summed E-state index contributed by atoms with van der Waals surface area (Å²) in [5.41, 5.74) is 7.16. The molecule has 1 aliphatic rings. The standard InChI is InChI=1S/C14H19ClN2O.ClH/c1-10-4-5-11(12(15)8-10)13(18)17-14(9-16)6-2-3-7-14;/h4-5,8H,2-3,6-7,9,16H2,1H3,(H,17,18);1H. The molecule has 1 fully saturated rings. The van der Waals surface area contributed by atoms with Crippen LogP contribution >= 0.6 is 24.0 Å². The van der Waals surface area contributed by atoms with Crippen LogP contribution in [-0.2, 0) is 0 Å². The molecule has 3 nitrogen and oxygen atoms in total. The lowest BCUT2D eigenvalue weighted by molar-refractivity contribution is 0.0903. The second-order valence-electron chi connectivity index (χ2n) is 5.13. The van der Waals surface area contributed by atoms with E-state index in [1.165, 1.54) is 0 Å². The van der Waals surface area contributed by atoms with Gasteiger partial charge in [-0.1, -0.05) is 30.5 Å². The van der Waals surface area contributed by atoms with Gasteiger partial charge in [-0.25, -0.2) is 0 Å². The van der Waals surface area contributed by atoms with Gasteiger partial charge < -0.3 is 11.1 Å². The predicted molar refractivity (Wildman–Crippen MR) is 81.2 cm³/mol. The summed E-state index contributed by atoms with van der Waals surface area (Å²) in [5.74, 6) is -0.118. The van der Waals surface area contributed by atoms with E-state index >= 15 is 0 Å². The van der Waals surface area contributed by atoms with E-state index in [1.54, 1.807) is 12.1 Å². The van der Waals surface area contributed by atoms with Crippen LogP contribution in [0.25, 0.3) is 0 Å².